The zero-order chi connectivity index (χ0) is 25.6. The van der Waals surface area contributed by atoms with Crippen LogP contribution in [0, 0.1) is 0 Å². The molecule has 0 heterocycles. The van der Waals surface area contributed by atoms with Gasteiger partial charge in [-0.2, -0.15) is 0 Å². The molecule has 0 saturated carbocycles. The normalized spacial score (nSPS) is 14.1. The van der Waals surface area contributed by atoms with Crippen molar-refractivity contribution in [2.75, 3.05) is 0 Å². The van der Waals surface area contributed by atoms with Gasteiger partial charge in [0, 0.05) is 4.47 Å². The molecule has 2 atom stereocenters. The van der Waals surface area contributed by atoms with Gasteiger partial charge in [0.25, 0.3) is 0 Å². The maximum absolute atomic E-state index is 13.1. The molecule has 0 aliphatic carbocycles. The summed E-state index contributed by atoms with van der Waals surface area (Å²) in [5.74, 6) is -1.66. The summed E-state index contributed by atoms with van der Waals surface area (Å²) >= 11 is 3.39. The number of alkyl carbamates (subject to hydrolysis) is 1. The van der Waals surface area contributed by atoms with Gasteiger partial charge < -0.3 is 24.3 Å². The van der Waals surface area contributed by atoms with E-state index < -0.39 is 47.0 Å². The number of amides is 1. The quantitative estimate of drug-likeness (QED) is 0.395. The summed E-state index contributed by atoms with van der Waals surface area (Å²) in [6.45, 7) is 15.2. The molecule has 9 heteroatoms. The second kappa shape index (κ2) is 11.3. The van der Waals surface area contributed by atoms with Crippen LogP contribution in [0.2, 0.25) is 0 Å². The molecule has 0 aliphatic rings. The minimum atomic E-state index is -1.50. The Bertz CT molecular complexity index is 834. The summed E-state index contributed by atoms with van der Waals surface area (Å²) in [6.07, 6.45) is -2.37. The average molecular weight is 530 g/mol. The van der Waals surface area contributed by atoms with E-state index in [1.54, 1.807) is 68.4 Å². The number of ether oxygens (including phenoxy) is 4. The van der Waals surface area contributed by atoms with E-state index in [9.17, 15) is 14.4 Å². The number of nitrogens with one attached hydrogen (secondary N) is 1. The molecule has 0 unspecified atom stereocenters. The maximum atomic E-state index is 13.1. The highest BCUT2D eigenvalue weighted by Crippen LogP contribution is 2.19. The molecule has 1 aromatic carbocycles. The first-order valence-electron chi connectivity index (χ1n) is 10.7. The van der Waals surface area contributed by atoms with Gasteiger partial charge in [-0.25, -0.2) is 14.4 Å². The Kier molecular flexibility index (Phi) is 9.93. The highest BCUT2D eigenvalue weighted by molar-refractivity contribution is 9.10. The van der Waals surface area contributed by atoms with Crippen LogP contribution in [-0.4, -0.2) is 47.0 Å². The Balaban J connectivity index is 3.30. The number of esters is 2. The van der Waals surface area contributed by atoms with Crippen molar-refractivity contribution < 1.29 is 33.3 Å². The summed E-state index contributed by atoms with van der Waals surface area (Å²) in [5.41, 5.74) is -1.79. The van der Waals surface area contributed by atoms with Crippen LogP contribution in [0.1, 0.15) is 67.9 Å². The van der Waals surface area contributed by atoms with Crippen molar-refractivity contribution >= 4 is 34.0 Å². The molecule has 1 rings (SSSR count). The van der Waals surface area contributed by atoms with Gasteiger partial charge in [-0.15, -0.1) is 0 Å². The number of hydrogen-bond acceptors (Lipinski definition) is 7. The van der Waals surface area contributed by atoms with Crippen LogP contribution in [-0.2, 0) is 35.1 Å². The average Bonchev–Trinajstić information content (AvgIpc) is 2.56. The Morgan fingerprint density at radius 2 is 1.36 bits per heavy atom. The van der Waals surface area contributed by atoms with E-state index in [-0.39, 0.29) is 6.61 Å². The lowest BCUT2D eigenvalue weighted by Gasteiger charge is -2.31. The molecule has 0 aromatic heterocycles. The fourth-order valence-corrected chi connectivity index (χ4v) is 2.98. The smallest absolute Gasteiger partial charge is 0.408 e. The molecule has 0 spiro atoms. The maximum Gasteiger partial charge on any atom is 0.408 e. The Morgan fingerprint density at radius 1 is 0.848 bits per heavy atom. The number of halogens is 1. The van der Waals surface area contributed by atoms with E-state index in [0.717, 1.165) is 10.0 Å². The van der Waals surface area contributed by atoms with E-state index in [1.165, 1.54) is 0 Å². The molecule has 1 N–H and O–H groups in total. The summed E-state index contributed by atoms with van der Waals surface area (Å²) < 4.78 is 22.9. The highest BCUT2D eigenvalue weighted by atomic mass is 79.9. The third-order valence-electron chi connectivity index (χ3n) is 3.59. The molecular weight excluding hydrogens is 494 g/mol. The minimum Gasteiger partial charge on any atom is -0.458 e. The first kappa shape index (κ1) is 28.9. The van der Waals surface area contributed by atoms with Crippen LogP contribution < -0.4 is 5.32 Å². The van der Waals surface area contributed by atoms with Crippen molar-refractivity contribution in [2.24, 2.45) is 0 Å². The standard InChI is InChI=1S/C24H36BrNO7/c1-22(2,3)31-19(27)17(26-21(29)33-24(7,8)9)18(20(28)32-23(4,5)6)30-14-15-11-10-12-16(25)13-15/h10-13,17-18H,14H2,1-9H3,(H,26,29)/t17-,18-/m0/s1. The molecule has 33 heavy (non-hydrogen) atoms. The lowest BCUT2D eigenvalue weighted by atomic mass is 10.1. The number of rotatable bonds is 7. The second-order valence-electron chi connectivity index (χ2n) is 10.6. The summed E-state index contributed by atoms with van der Waals surface area (Å²) in [7, 11) is 0. The lowest BCUT2D eigenvalue weighted by molar-refractivity contribution is -0.180. The molecule has 0 aliphatic heterocycles. The molecule has 0 radical (unpaired) electrons. The Labute approximate surface area is 204 Å². The first-order chi connectivity index (χ1) is 14.9. The predicted octanol–water partition coefficient (Wildman–Crippen LogP) is 4.91. The van der Waals surface area contributed by atoms with E-state index in [0.29, 0.717) is 0 Å². The van der Waals surface area contributed by atoms with Crippen LogP contribution in [0.5, 0.6) is 0 Å². The van der Waals surface area contributed by atoms with Crippen LogP contribution in [0.4, 0.5) is 4.79 Å². The van der Waals surface area contributed by atoms with Crippen molar-refractivity contribution in [3.05, 3.63) is 34.3 Å². The molecule has 1 aromatic rings. The van der Waals surface area contributed by atoms with Crippen LogP contribution in [0.3, 0.4) is 0 Å². The van der Waals surface area contributed by atoms with E-state index in [1.807, 2.05) is 18.2 Å². The molecule has 0 saturated heterocycles. The van der Waals surface area contributed by atoms with Crippen LogP contribution in [0.15, 0.2) is 28.7 Å². The Hall–Kier alpha value is -2.13. The summed E-state index contributed by atoms with van der Waals surface area (Å²) in [5, 5.41) is 2.44. The largest absolute Gasteiger partial charge is 0.458 e. The molecule has 1 amide bonds. The number of benzene rings is 1. The minimum absolute atomic E-state index is 0.0152. The van der Waals surface area contributed by atoms with Crippen molar-refractivity contribution in [3.63, 3.8) is 0 Å². The third kappa shape index (κ3) is 12.1. The fraction of sp³-hybridized carbons (Fsp3) is 0.625. The van der Waals surface area contributed by atoms with Gasteiger partial charge >= 0.3 is 18.0 Å². The molecule has 0 bridgehead atoms. The summed E-state index contributed by atoms with van der Waals surface area (Å²) in [6, 6.07) is 5.79. The topological polar surface area (TPSA) is 100 Å². The van der Waals surface area contributed by atoms with Crippen LogP contribution >= 0.6 is 15.9 Å². The molecule has 8 nitrogen and oxygen atoms in total. The van der Waals surface area contributed by atoms with Crippen LogP contribution in [0.25, 0.3) is 0 Å². The van der Waals surface area contributed by atoms with E-state index >= 15 is 0 Å². The zero-order valence-electron chi connectivity index (χ0n) is 20.9. The van der Waals surface area contributed by atoms with Gasteiger partial charge in [0.15, 0.2) is 12.1 Å². The predicted molar refractivity (Wildman–Crippen MR) is 128 cm³/mol. The van der Waals surface area contributed by atoms with E-state index in [4.69, 9.17) is 18.9 Å². The monoisotopic (exact) mass is 529 g/mol. The summed E-state index contributed by atoms with van der Waals surface area (Å²) in [4.78, 5) is 38.6. The zero-order valence-corrected chi connectivity index (χ0v) is 22.5. The van der Waals surface area contributed by atoms with Crippen molar-refractivity contribution in [1.29, 1.82) is 0 Å². The number of carbonyl (C=O) groups excluding carboxylic acids is 3. The van der Waals surface area contributed by atoms with Gasteiger partial charge in [0.05, 0.1) is 6.61 Å². The molecular formula is C24H36BrNO7. The second-order valence-corrected chi connectivity index (χ2v) is 11.5. The highest BCUT2D eigenvalue weighted by Gasteiger charge is 2.42. The van der Waals surface area contributed by atoms with Gasteiger partial charge in [0.2, 0.25) is 0 Å². The molecule has 186 valence electrons. The third-order valence-corrected chi connectivity index (χ3v) is 4.09. The van der Waals surface area contributed by atoms with E-state index in [2.05, 4.69) is 21.2 Å². The first-order valence-corrected chi connectivity index (χ1v) is 11.5. The van der Waals surface area contributed by atoms with Gasteiger partial charge in [-0.05, 0) is 80.0 Å². The fourth-order valence-electron chi connectivity index (χ4n) is 2.53. The Morgan fingerprint density at radius 3 is 1.85 bits per heavy atom. The van der Waals surface area contributed by atoms with Crippen molar-refractivity contribution in [1.82, 2.24) is 5.32 Å². The van der Waals surface area contributed by atoms with Gasteiger partial charge in [-0.1, -0.05) is 28.1 Å². The SMILES string of the molecule is CC(C)(C)OC(=O)N[C@H](C(=O)OC(C)(C)C)[C@H](OCc1cccc(Br)c1)C(=O)OC(C)(C)C. The van der Waals surface area contributed by atoms with Gasteiger partial charge in [-0.3, -0.25) is 0 Å². The number of hydrogen-bond donors (Lipinski definition) is 1. The van der Waals surface area contributed by atoms with Gasteiger partial charge in [0.1, 0.15) is 16.8 Å². The van der Waals surface area contributed by atoms with Crippen molar-refractivity contribution in [3.8, 4) is 0 Å². The lowest BCUT2D eigenvalue weighted by Crippen LogP contribution is -2.56. The molecule has 0 fully saturated rings. The number of carbonyl (C=O) groups is 3. The van der Waals surface area contributed by atoms with Crippen molar-refractivity contribution in [2.45, 2.75) is 97.9 Å².